The van der Waals surface area contributed by atoms with Gasteiger partial charge >= 0.3 is 0 Å². The van der Waals surface area contributed by atoms with Crippen molar-refractivity contribution in [3.05, 3.63) is 66.1 Å². The summed E-state index contributed by atoms with van der Waals surface area (Å²) in [6, 6.07) is 15.5. The van der Waals surface area contributed by atoms with Gasteiger partial charge in [-0.05, 0) is 54.6 Å². The average Bonchev–Trinajstić information content (AvgIpc) is 2.99. The maximum atomic E-state index is 13.1. The fraction of sp³-hybridized carbons (Fsp3) is 0.300. The van der Waals surface area contributed by atoms with Crippen molar-refractivity contribution in [1.29, 1.82) is 0 Å². The van der Waals surface area contributed by atoms with E-state index in [2.05, 4.69) is 29.8 Å². The molecule has 4 rings (SSSR count). The monoisotopic (exact) mass is 372 g/mol. The van der Waals surface area contributed by atoms with Crippen LogP contribution in [0.25, 0.3) is 10.9 Å². The second-order valence-corrected chi connectivity index (χ2v) is 8.76. The molecule has 4 nitrogen and oxygen atoms in total. The quantitative estimate of drug-likeness (QED) is 0.700. The summed E-state index contributed by atoms with van der Waals surface area (Å²) >= 11 is 0. The van der Waals surface area contributed by atoms with Gasteiger partial charge in [-0.1, -0.05) is 18.2 Å². The number of rotatable bonds is 3. The molecule has 26 heavy (non-hydrogen) atoms. The molecule has 2 heterocycles. The third-order valence-electron chi connectivity index (χ3n) is 5.31. The largest absolute Gasteiger partial charge is 0.347 e. The van der Waals surface area contributed by atoms with Gasteiger partial charge in [0, 0.05) is 37.3 Å². The van der Waals surface area contributed by atoms with E-state index in [4.69, 9.17) is 0 Å². The van der Waals surface area contributed by atoms with Gasteiger partial charge in [0.15, 0.2) is 0 Å². The molecule has 0 atom stereocenters. The summed E-state index contributed by atoms with van der Waals surface area (Å²) in [6.45, 7) is 0.956. The first-order valence-electron chi connectivity index (χ1n) is 8.77. The molecule has 0 radical (unpaired) electrons. The molecule has 1 saturated heterocycles. The number of hydrogen-bond donors (Lipinski definition) is 0. The number of benzene rings is 2. The van der Waals surface area contributed by atoms with Crippen LogP contribution in [0.15, 0.2) is 59.5 Å². The van der Waals surface area contributed by atoms with Gasteiger partial charge < -0.3 is 4.57 Å². The van der Waals surface area contributed by atoms with Crippen LogP contribution in [-0.2, 0) is 17.1 Å². The third-order valence-corrected chi connectivity index (χ3v) is 7.23. The highest BCUT2D eigenvalue weighted by atomic mass is 32.2. The molecular formula is C20H21FN2O2S. The standard InChI is InChI=1S/C20H21FN2O2S/c1-22-19-5-3-2-4-16(19)14-20(22)15-10-12-23(13-11-15)26(24,25)18-8-6-17(21)7-9-18/h2-9,14-15H,10-13H2,1H3. The highest BCUT2D eigenvalue weighted by Gasteiger charge is 2.31. The molecule has 1 aromatic heterocycles. The molecule has 0 bridgehead atoms. The second-order valence-electron chi connectivity index (χ2n) is 6.82. The number of aromatic nitrogens is 1. The molecule has 1 aliphatic rings. The highest BCUT2D eigenvalue weighted by molar-refractivity contribution is 7.89. The minimum atomic E-state index is -3.56. The molecule has 0 spiro atoms. The molecule has 0 aliphatic carbocycles. The maximum absolute atomic E-state index is 13.1. The average molecular weight is 372 g/mol. The van der Waals surface area contributed by atoms with Crippen molar-refractivity contribution < 1.29 is 12.8 Å². The summed E-state index contributed by atoms with van der Waals surface area (Å²) in [4.78, 5) is 0.155. The number of hydrogen-bond acceptors (Lipinski definition) is 2. The Morgan fingerprint density at radius 3 is 2.31 bits per heavy atom. The van der Waals surface area contributed by atoms with Crippen LogP contribution < -0.4 is 0 Å². The van der Waals surface area contributed by atoms with E-state index in [0.717, 1.165) is 12.8 Å². The van der Waals surface area contributed by atoms with Gasteiger partial charge in [0.1, 0.15) is 5.82 Å². The Morgan fingerprint density at radius 1 is 1.00 bits per heavy atom. The van der Waals surface area contributed by atoms with E-state index in [9.17, 15) is 12.8 Å². The number of fused-ring (bicyclic) bond motifs is 1. The topological polar surface area (TPSA) is 42.3 Å². The van der Waals surface area contributed by atoms with Crippen LogP contribution >= 0.6 is 0 Å². The number of piperidine rings is 1. The van der Waals surface area contributed by atoms with Crippen molar-refractivity contribution in [3.8, 4) is 0 Å². The fourth-order valence-electron chi connectivity index (χ4n) is 3.85. The van der Waals surface area contributed by atoms with Crippen molar-refractivity contribution in [1.82, 2.24) is 8.87 Å². The first-order valence-corrected chi connectivity index (χ1v) is 10.2. The van der Waals surface area contributed by atoms with Gasteiger partial charge in [-0.2, -0.15) is 4.31 Å². The number of para-hydroxylation sites is 1. The predicted octanol–water partition coefficient (Wildman–Crippen LogP) is 3.89. The molecule has 136 valence electrons. The van der Waals surface area contributed by atoms with Gasteiger partial charge in [-0.15, -0.1) is 0 Å². The van der Waals surface area contributed by atoms with Crippen LogP contribution in [0.5, 0.6) is 0 Å². The van der Waals surface area contributed by atoms with E-state index in [0.29, 0.717) is 19.0 Å². The van der Waals surface area contributed by atoms with Crippen LogP contribution in [0, 0.1) is 5.82 Å². The Kier molecular flexibility index (Phi) is 4.32. The minimum absolute atomic E-state index is 0.155. The first-order chi connectivity index (χ1) is 12.5. The Labute approximate surface area is 152 Å². The summed E-state index contributed by atoms with van der Waals surface area (Å²) in [6.07, 6.45) is 1.56. The lowest BCUT2D eigenvalue weighted by molar-refractivity contribution is 0.314. The van der Waals surface area contributed by atoms with Crippen molar-refractivity contribution in [2.75, 3.05) is 13.1 Å². The smallest absolute Gasteiger partial charge is 0.243 e. The zero-order valence-electron chi connectivity index (χ0n) is 14.6. The fourth-order valence-corrected chi connectivity index (χ4v) is 5.32. The van der Waals surface area contributed by atoms with Gasteiger partial charge in [-0.3, -0.25) is 0 Å². The molecule has 1 aliphatic heterocycles. The third kappa shape index (κ3) is 2.93. The molecule has 0 amide bonds. The SMILES string of the molecule is Cn1c(C2CCN(S(=O)(=O)c3ccc(F)cc3)CC2)cc2ccccc21. The summed E-state index contributed by atoms with van der Waals surface area (Å²) in [5.41, 5.74) is 2.45. The van der Waals surface area contributed by atoms with E-state index in [-0.39, 0.29) is 4.90 Å². The summed E-state index contributed by atoms with van der Waals surface area (Å²) in [7, 11) is -1.49. The Balaban J connectivity index is 1.53. The number of nitrogens with zero attached hydrogens (tertiary/aromatic N) is 2. The molecular weight excluding hydrogens is 351 g/mol. The summed E-state index contributed by atoms with van der Waals surface area (Å²) < 4.78 is 42.3. The van der Waals surface area contributed by atoms with E-state index >= 15 is 0 Å². The molecule has 0 saturated carbocycles. The summed E-state index contributed by atoms with van der Waals surface area (Å²) in [5.74, 6) is -0.0921. The van der Waals surface area contributed by atoms with Gasteiger partial charge in [0.2, 0.25) is 10.0 Å². The number of sulfonamides is 1. The van der Waals surface area contributed by atoms with Crippen LogP contribution in [0.2, 0.25) is 0 Å². The van der Waals surface area contributed by atoms with Crippen molar-refractivity contribution in [2.45, 2.75) is 23.7 Å². The highest BCUT2D eigenvalue weighted by Crippen LogP contribution is 2.33. The second kappa shape index (κ2) is 6.52. The molecule has 6 heteroatoms. The van der Waals surface area contributed by atoms with E-state index in [1.54, 1.807) is 0 Å². The Bertz CT molecular complexity index is 1030. The number of halogens is 1. The van der Waals surface area contributed by atoms with Crippen molar-refractivity contribution >= 4 is 20.9 Å². The minimum Gasteiger partial charge on any atom is -0.347 e. The molecule has 3 aromatic rings. The Morgan fingerprint density at radius 2 is 1.65 bits per heavy atom. The van der Waals surface area contributed by atoms with Crippen molar-refractivity contribution in [3.63, 3.8) is 0 Å². The van der Waals surface area contributed by atoms with Gasteiger partial charge in [0.05, 0.1) is 4.90 Å². The zero-order chi connectivity index (χ0) is 18.3. The zero-order valence-corrected chi connectivity index (χ0v) is 15.4. The van der Waals surface area contributed by atoms with Gasteiger partial charge in [-0.25, -0.2) is 12.8 Å². The summed E-state index contributed by atoms with van der Waals surface area (Å²) in [5, 5.41) is 1.21. The van der Waals surface area contributed by atoms with Crippen LogP contribution in [-0.4, -0.2) is 30.4 Å². The molecule has 2 aromatic carbocycles. The predicted molar refractivity (Wildman–Crippen MR) is 100 cm³/mol. The van der Waals surface area contributed by atoms with Crippen LogP contribution in [0.4, 0.5) is 4.39 Å². The molecule has 0 N–H and O–H groups in total. The Hall–Kier alpha value is -2.18. The van der Waals surface area contributed by atoms with E-state index in [1.807, 2.05) is 12.1 Å². The van der Waals surface area contributed by atoms with E-state index in [1.165, 1.54) is 45.2 Å². The lowest BCUT2D eigenvalue weighted by Gasteiger charge is -2.31. The van der Waals surface area contributed by atoms with Gasteiger partial charge in [0.25, 0.3) is 0 Å². The lowest BCUT2D eigenvalue weighted by Crippen LogP contribution is -2.38. The van der Waals surface area contributed by atoms with Crippen LogP contribution in [0.3, 0.4) is 0 Å². The molecule has 1 fully saturated rings. The van der Waals surface area contributed by atoms with Crippen molar-refractivity contribution in [2.24, 2.45) is 7.05 Å². The lowest BCUT2D eigenvalue weighted by atomic mass is 9.94. The first kappa shape index (κ1) is 17.2. The maximum Gasteiger partial charge on any atom is 0.243 e. The number of aryl methyl sites for hydroxylation is 1. The van der Waals surface area contributed by atoms with E-state index < -0.39 is 15.8 Å². The normalized spacial score (nSPS) is 17.0. The molecule has 0 unspecified atom stereocenters. The van der Waals surface area contributed by atoms with Crippen LogP contribution in [0.1, 0.15) is 24.5 Å².